The third kappa shape index (κ3) is 5.34. The van der Waals surface area contributed by atoms with E-state index in [0.29, 0.717) is 17.8 Å². The molecule has 0 bridgehead atoms. The Balaban J connectivity index is 1.71. The predicted octanol–water partition coefficient (Wildman–Crippen LogP) is 0.951. The number of halogens is 1. The van der Waals surface area contributed by atoms with Crippen LogP contribution >= 0.6 is 15.9 Å². The van der Waals surface area contributed by atoms with E-state index in [-0.39, 0.29) is 37.0 Å². The topological polar surface area (TPSA) is 98.1 Å². The van der Waals surface area contributed by atoms with Crippen molar-refractivity contribution in [3.05, 3.63) is 22.6 Å². The fourth-order valence-electron chi connectivity index (χ4n) is 2.34. The Hall–Kier alpha value is -1.87. The van der Waals surface area contributed by atoms with E-state index in [1.165, 1.54) is 6.07 Å². The summed E-state index contributed by atoms with van der Waals surface area (Å²) in [7, 11) is 0. The van der Waals surface area contributed by atoms with E-state index < -0.39 is 11.9 Å². The summed E-state index contributed by atoms with van der Waals surface area (Å²) in [5.74, 6) is -1.45. The van der Waals surface area contributed by atoms with E-state index in [9.17, 15) is 14.4 Å². The summed E-state index contributed by atoms with van der Waals surface area (Å²) in [6, 6.07) is 3.03. The summed E-state index contributed by atoms with van der Waals surface area (Å²) < 4.78 is 15.9. The van der Waals surface area contributed by atoms with Gasteiger partial charge in [-0.25, -0.2) is 0 Å². The van der Waals surface area contributed by atoms with Crippen molar-refractivity contribution in [1.82, 2.24) is 10.2 Å². The average Bonchev–Trinajstić information content (AvgIpc) is 2.95. The van der Waals surface area contributed by atoms with Crippen LogP contribution in [-0.2, 0) is 19.1 Å². The Labute approximate surface area is 147 Å². The number of hydrogen-bond acceptors (Lipinski definition) is 6. The third-order valence-corrected chi connectivity index (χ3v) is 3.75. The second-order valence-corrected chi connectivity index (χ2v) is 6.28. The molecule has 0 aliphatic carbocycles. The van der Waals surface area contributed by atoms with Crippen molar-refractivity contribution in [1.29, 1.82) is 0 Å². The number of furan rings is 1. The van der Waals surface area contributed by atoms with Gasteiger partial charge in [0.15, 0.2) is 17.0 Å². The average molecular weight is 403 g/mol. The molecule has 9 heteroatoms. The molecule has 2 amide bonds. The molecule has 1 N–H and O–H groups in total. The van der Waals surface area contributed by atoms with Gasteiger partial charge >= 0.3 is 5.97 Å². The van der Waals surface area contributed by atoms with Crippen LogP contribution in [0.1, 0.15) is 24.4 Å². The van der Waals surface area contributed by atoms with E-state index >= 15 is 0 Å². The van der Waals surface area contributed by atoms with Crippen molar-refractivity contribution in [2.45, 2.75) is 26.1 Å². The minimum Gasteiger partial charge on any atom is -0.454 e. The van der Waals surface area contributed by atoms with Crippen molar-refractivity contribution in [3.63, 3.8) is 0 Å². The minimum absolute atomic E-state index is 0.0553. The van der Waals surface area contributed by atoms with Gasteiger partial charge in [-0.3, -0.25) is 14.4 Å². The fraction of sp³-hybridized carbons (Fsp3) is 0.533. The largest absolute Gasteiger partial charge is 0.454 e. The van der Waals surface area contributed by atoms with Crippen LogP contribution in [0.15, 0.2) is 21.2 Å². The van der Waals surface area contributed by atoms with Gasteiger partial charge < -0.3 is 24.1 Å². The number of morpholine rings is 1. The van der Waals surface area contributed by atoms with Crippen LogP contribution in [0.25, 0.3) is 0 Å². The highest BCUT2D eigenvalue weighted by Gasteiger charge is 2.26. The number of carbonyl (C=O) groups excluding carboxylic acids is 3. The lowest BCUT2D eigenvalue weighted by atomic mass is 10.2. The third-order valence-electron chi connectivity index (χ3n) is 3.32. The molecule has 0 spiro atoms. The van der Waals surface area contributed by atoms with Crippen LogP contribution in [0.2, 0.25) is 0 Å². The van der Waals surface area contributed by atoms with E-state index in [1.807, 2.05) is 13.8 Å². The maximum Gasteiger partial charge on any atom is 0.325 e. The monoisotopic (exact) mass is 402 g/mol. The Bertz CT molecular complexity index is 607. The number of nitrogens with zero attached hydrogens (tertiary/aromatic N) is 1. The number of hydrogen-bond donors (Lipinski definition) is 1. The molecule has 8 nitrogen and oxygen atoms in total. The first-order chi connectivity index (χ1) is 11.3. The summed E-state index contributed by atoms with van der Waals surface area (Å²) in [4.78, 5) is 37.0. The van der Waals surface area contributed by atoms with Crippen molar-refractivity contribution in [3.8, 4) is 0 Å². The van der Waals surface area contributed by atoms with E-state index in [4.69, 9.17) is 13.9 Å². The smallest absolute Gasteiger partial charge is 0.325 e. The second-order valence-electron chi connectivity index (χ2n) is 5.50. The zero-order valence-electron chi connectivity index (χ0n) is 13.4. The number of nitrogens with one attached hydrogen (secondary N) is 1. The molecular weight excluding hydrogens is 384 g/mol. The second kappa shape index (κ2) is 8.29. The van der Waals surface area contributed by atoms with Crippen molar-refractivity contribution < 1.29 is 28.3 Å². The quantitative estimate of drug-likeness (QED) is 0.736. The van der Waals surface area contributed by atoms with Crippen LogP contribution in [0.3, 0.4) is 0 Å². The normalized spacial score (nSPS) is 20.5. The van der Waals surface area contributed by atoms with Gasteiger partial charge in [-0.1, -0.05) is 0 Å². The van der Waals surface area contributed by atoms with Crippen molar-refractivity contribution in [2.75, 3.05) is 26.2 Å². The number of ether oxygens (including phenoxy) is 2. The summed E-state index contributed by atoms with van der Waals surface area (Å²) in [6.07, 6.45) is -0.111. The zero-order chi connectivity index (χ0) is 17.7. The number of rotatable bonds is 5. The standard InChI is InChI=1S/C15H19BrN2O6/c1-9-6-18(7-10(2)23-9)13(19)8-22-14(20)5-17-15(21)11-3-4-12(16)24-11/h3-4,9-10H,5-8H2,1-2H3,(H,17,21)/t9-,10-/m0/s1. The first kappa shape index (κ1) is 18.5. The number of amides is 2. The molecule has 2 rings (SSSR count). The highest BCUT2D eigenvalue weighted by atomic mass is 79.9. The molecule has 0 unspecified atom stereocenters. The molecule has 0 radical (unpaired) electrons. The van der Waals surface area contributed by atoms with Gasteiger partial charge in [0.2, 0.25) is 0 Å². The first-order valence-electron chi connectivity index (χ1n) is 7.47. The van der Waals surface area contributed by atoms with Crippen molar-refractivity contribution in [2.24, 2.45) is 0 Å². The molecule has 2 heterocycles. The summed E-state index contributed by atoms with van der Waals surface area (Å²) >= 11 is 3.08. The number of esters is 1. The zero-order valence-corrected chi connectivity index (χ0v) is 15.0. The maximum atomic E-state index is 12.0. The highest BCUT2D eigenvalue weighted by Crippen LogP contribution is 2.13. The van der Waals surface area contributed by atoms with Crippen LogP contribution in [-0.4, -0.2) is 61.1 Å². The molecule has 2 atom stereocenters. The van der Waals surface area contributed by atoms with Gasteiger partial charge in [0, 0.05) is 13.1 Å². The van der Waals surface area contributed by atoms with E-state index in [2.05, 4.69) is 21.2 Å². The predicted molar refractivity (Wildman–Crippen MR) is 86.3 cm³/mol. The highest BCUT2D eigenvalue weighted by molar-refractivity contribution is 9.10. The van der Waals surface area contributed by atoms with Crippen LogP contribution in [0.4, 0.5) is 0 Å². The number of carbonyl (C=O) groups is 3. The lowest BCUT2D eigenvalue weighted by Crippen LogP contribution is -2.49. The fourth-order valence-corrected chi connectivity index (χ4v) is 2.65. The Kier molecular flexibility index (Phi) is 6.38. The summed E-state index contributed by atoms with van der Waals surface area (Å²) in [5, 5.41) is 2.36. The molecule has 1 aliphatic rings. The Morgan fingerprint density at radius 1 is 1.29 bits per heavy atom. The first-order valence-corrected chi connectivity index (χ1v) is 8.27. The molecule has 1 aliphatic heterocycles. The van der Waals surface area contributed by atoms with Gasteiger partial charge in [0.1, 0.15) is 6.54 Å². The van der Waals surface area contributed by atoms with E-state index in [0.717, 1.165) is 0 Å². The molecule has 132 valence electrons. The molecule has 0 saturated carbocycles. The van der Waals surface area contributed by atoms with Crippen molar-refractivity contribution >= 4 is 33.7 Å². The molecule has 0 aromatic carbocycles. The maximum absolute atomic E-state index is 12.0. The minimum atomic E-state index is -0.698. The molecule has 1 saturated heterocycles. The molecule has 1 fully saturated rings. The van der Waals surface area contributed by atoms with Gasteiger partial charge in [-0.05, 0) is 41.9 Å². The Morgan fingerprint density at radius 2 is 1.96 bits per heavy atom. The molecule has 24 heavy (non-hydrogen) atoms. The van der Waals surface area contributed by atoms with Crippen LogP contribution in [0.5, 0.6) is 0 Å². The Morgan fingerprint density at radius 3 is 2.54 bits per heavy atom. The van der Waals surface area contributed by atoms with E-state index in [1.54, 1.807) is 11.0 Å². The lowest BCUT2D eigenvalue weighted by Gasteiger charge is -2.35. The van der Waals surface area contributed by atoms with Gasteiger partial charge in [-0.2, -0.15) is 0 Å². The van der Waals surface area contributed by atoms with Gasteiger partial charge in [0.25, 0.3) is 11.8 Å². The van der Waals surface area contributed by atoms with Gasteiger partial charge in [0.05, 0.1) is 12.2 Å². The SMILES string of the molecule is C[C@H]1CN(C(=O)COC(=O)CNC(=O)c2ccc(Br)o2)C[C@H](C)O1. The lowest BCUT2D eigenvalue weighted by molar-refractivity contribution is -0.156. The molecule has 1 aromatic heterocycles. The van der Waals surface area contributed by atoms with Gasteiger partial charge in [-0.15, -0.1) is 0 Å². The summed E-state index contributed by atoms with van der Waals surface area (Å²) in [6.45, 7) is 3.98. The van der Waals surface area contributed by atoms with Crippen LogP contribution in [0, 0.1) is 0 Å². The van der Waals surface area contributed by atoms with Crippen LogP contribution < -0.4 is 5.32 Å². The molecular formula is C15H19BrN2O6. The molecule has 1 aromatic rings. The summed E-state index contributed by atoms with van der Waals surface area (Å²) in [5.41, 5.74) is 0.